The van der Waals surface area contributed by atoms with Crippen LogP contribution in [0.5, 0.6) is 0 Å². The van der Waals surface area contributed by atoms with E-state index in [9.17, 15) is 0 Å². The van der Waals surface area contributed by atoms with E-state index in [1.54, 1.807) is 0 Å². The molecule has 0 aliphatic carbocycles. The lowest BCUT2D eigenvalue weighted by atomic mass is 9.98. The Labute approximate surface area is 267 Å². The van der Waals surface area contributed by atoms with Gasteiger partial charge in [0.2, 0.25) is 0 Å². The van der Waals surface area contributed by atoms with Crippen molar-refractivity contribution in [2.45, 2.75) is 0 Å². The summed E-state index contributed by atoms with van der Waals surface area (Å²) >= 11 is 1.81. The third kappa shape index (κ3) is 3.89. The smallest absolute Gasteiger partial charge is 0.164 e. The van der Waals surface area contributed by atoms with Crippen molar-refractivity contribution in [1.29, 1.82) is 0 Å². The topological polar surface area (TPSA) is 51.8 Å². The molecule has 10 aromatic rings. The highest BCUT2D eigenvalue weighted by Crippen LogP contribution is 2.42. The van der Waals surface area contributed by atoms with Gasteiger partial charge in [-0.2, -0.15) is 0 Å². The number of fused-ring (bicyclic) bond motifs is 9. The predicted octanol–water partition coefficient (Wildman–Crippen LogP) is 11.4. The van der Waals surface area contributed by atoms with Crippen LogP contribution in [0.3, 0.4) is 0 Å². The van der Waals surface area contributed by atoms with E-state index in [1.165, 1.54) is 41.7 Å². The molecule has 0 N–H and O–H groups in total. The molecule has 0 bridgehead atoms. The molecule has 214 valence electrons. The fourth-order valence-corrected chi connectivity index (χ4v) is 7.88. The number of para-hydroxylation sites is 1. The number of hydrogen-bond donors (Lipinski definition) is 0. The van der Waals surface area contributed by atoms with Gasteiger partial charge in [-0.1, -0.05) is 97.1 Å². The first-order chi connectivity index (χ1) is 22.8. The molecule has 0 aliphatic heterocycles. The zero-order chi connectivity index (χ0) is 30.2. The average molecular weight is 606 g/mol. The van der Waals surface area contributed by atoms with E-state index in [1.807, 2.05) is 72.0 Å². The third-order valence-electron chi connectivity index (χ3n) is 8.90. The first-order valence-corrected chi connectivity index (χ1v) is 16.1. The molecule has 0 aliphatic rings. The van der Waals surface area contributed by atoms with Crippen LogP contribution in [-0.2, 0) is 0 Å². The van der Waals surface area contributed by atoms with E-state index >= 15 is 0 Å². The monoisotopic (exact) mass is 605 g/mol. The third-order valence-corrected chi connectivity index (χ3v) is 10.0. The minimum absolute atomic E-state index is 0.629. The van der Waals surface area contributed by atoms with Gasteiger partial charge in [-0.15, -0.1) is 11.3 Å². The largest absolute Gasteiger partial charge is 0.456 e. The van der Waals surface area contributed by atoms with Crippen LogP contribution in [0.25, 0.3) is 97.8 Å². The van der Waals surface area contributed by atoms with Crippen molar-refractivity contribution in [3.05, 3.63) is 140 Å². The Morgan fingerprint density at radius 2 is 1.15 bits per heavy atom. The fourth-order valence-electron chi connectivity index (χ4n) is 6.72. The molecule has 0 unspecified atom stereocenters. The minimum Gasteiger partial charge on any atom is -0.456 e. The van der Waals surface area contributed by atoms with E-state index in [0.717, 1.165) is 38.6 Å². The molecule has 4 nitrogen and oxygen atoms in total. The molecule has 0 spiro atoms. The number of furan rings is 1. The summed E-state index contributed by atoms with van der Waals surface area (Å²) in [5.74, 6) is 1.93. The number of hydrogen-bond acceptors (Lipinski definition) is 5. The number of thiophene rings is 1. The molecule has 7 aromatic carbocycles. The van der Waals surface area contributed by atoms with Gasteiger partial charge < -0.3 is 4.42 Å². The Hall–Kier alpha value is -5.91. The van der Waals surface area contributed by atoms with Crippen molar-refractivity contribution in [1.82, 2.24) is 15.0 Å². The molecule has 0 atom stereocenters. The summed E-state index contributed by atoms with van der Waals surface area (Å²) in [4.78, 5) is 15.3. The summed E-state index contributed by atoms with van der Waals surface area (Å²) in [6.45, 7) is 0. The standard InChI is InChI=1S/C41H23N3OS/c1-2-10-25(11-3-1)39-42-40(27-19-20-35-32(21-27)29-13-6-7-15-34(29)45-35)44-41(43-39)30-14-8-16-36-38(30)33-23-31-26(22-37(33)46-36)18-17-24-9-4-5-12-28(24)31/h1-23H. The lowest BCUT2D eigenvalue weighted by Gasteiger charge is -2.10. The molecular formula is C41H23N3OS. The zero-order valence-electron chi connectivity index (χ0n) is 24.4. The number of rotatable bonds is 3. The molecule has 3 aromatic heterocycles. The van der Waals surface area contributed by atoms with Crippen molar-refractivity contribution < 1.29 is 4.42 Å². The summed E-state index contributed by atoms with van der Waals surface area (Å²) in [5, 5.41) is 9.50. The average Bonchev–Trinajstić information content (AvgIpc) is 3.68. The van der Waals surface area contributed by atoms with Gasteiger partial charge in [0.15, 0.2) is 17.5 Å². The highest BCUT2D eigenvalue weighted by atomic mass is 32.1. The van der Waals surface area contributed by atoms with Crippen LogP contribution < -0.4 is 0 Å². The van der Waals surface area contributed by atoms with E-state index < -0.39 is 0 Å². The molecule has 10 rings (SSSR count). The Morgan fingerprint density at radius 3 is 2.07 bits per heavy atom. The fraction of sp³-hybridized carbons (Fsp3) is 0. The quantitative estimate of drug-likeness (QED) is 0.188. The van der Waals surface area contributed by atoms with Crippen LogP contribution >= 0.6 is 11.3 Å². The van der Waals surface area contributed by atoms with Crippen LogP contribution in [0.1, 0.15) is 0 Å². The molecule has 0 radical (unpaired) electrons. The Bertz CT molecular complexity index is 2820. The van der Waals surface area contributed by atoms with Crippen molar-refractivity contribution in [2.24, 2.45) is 0 Å². The van der Waals surface area contributed by atoms with Crippen molar-refractivity contribution in [2.75, 3.05) is 0 Å². The van der Waals surface area contributed by atoms with Crippen LogP contribution in [0.4, 0.5) is 0 Å². The lowest BCUT2D eigenvalue weighted by Crippen LogP contribution is -2.00. The highest BCUT2D eigenvalue weighted by molar-refractivity contribution is 7.26. The maximum absolute atomic E-state index is 6.11. The van der Waals surface area contributed by atoms with Gasteiger partial charge in [0.05, 0.1) is 0 Å². The van der Waals surface area contributed by atoms with Gasteiger partial charge in [0.1, 0.15) is 11.2 Å². The van der Waals surface area contributed by atoms with Crippen molar-refractivity contribution in [3.63, 3.8) is 0 Å². The Kier molecular flexibility index (Phi) is 5.41. The van der Waals surface area contributed by atoms with Crippen LogP contribution in [-0.4, -0.2) is 15.0 Å². The van der Waals surface area contributed by atoms with E-state index in [0.29, 0.717) is 17.5 Å². The second-order valence-corrected chi connectivity index (χ2v) is 12.7. The van der Waals surface area contributed by atoms with E-state index in [2.05, 4.69) is 78.9 Å². The van der Waals surface area contributed by atoms with Gasteiger partial charge in [-0.3, -0.25) is 0 Å². The second-order valence-electron chi connectivity index (χ2n) is 11.6. The maximum atomic E-state index is 6.11. The molecular weight excluding hydrogens is 583 g/mol. The van der Waals surface area contributed by atoms with Crippen LogP contribution in [0, 0.1) is 0 Å². The summed E-state index contributed by atoms with van der Waals surface area (Å²) in [5.41, 5.74) is 4.57. The van der Waals surface area contributed by atoms with E-state index in [4.69, 9.17) is 19.4 Å². The van der Waals surface area contributed by atoms with Crippen molar-refractivity contribution >= 4 is 75.0 Å². The Balaban J connectivity index is 1.24. The molecule has 0 amide bonds. The second kappa shape index (κ2) is 9.80. The number of nitrogens with zero attached hydrogens (tertiary/aromatic N) is 3. The summed E-state index contributed by atoms with van der Waals surface area (Å²) in [7, 11) is 0. The summed E-state index contributed by atoms with van der Waals surface area (Å²) < 4.78 is 8.57. The normalized spacial score (nSPS) is 11.9. The molecule has 0 saturated heterocycles. The van der Waals surface area contributed by atoms with Gasteiger partial charge in [0.25, 0.3) is 0 Å². The molecule has 46 heavy (non-hydrogen) atoms. The number of aromatic nitrogens is 3. The zero-order valence-corrected chi connectivity index (χ0v) is 25.3. The van der Waals surface area contributed by atoms with Crippen LogP contribution in [0.2, 0.25) is 0 Å². The van der Waals surface area contributed by atoms with Crippen molar-refractivity contribution in [3.8, 4) is 34.2 Å². The number of benzene rings is 7. The summed E-state index contributed by atoms with van der Waals surface area (Å²) in [6.07, 6.45) is 0. The highest BCUT2D eigenvalue weighted by Gasteiger charge is 2.18. The van der Waals surface area contributed by atoms with Gasteiger partial charge in [0, 0.05) is 47.6 Å². The first-order valence-electron chi connectivity index (χ1n) is 15.3. The maximum Gasteiger partial charge on any atom is 0.164 e. The molecule has 0 saturated carbocycles. The lowest BCUT2D eigenvalue weighted by molar-refractivity contribution is 0.669. The predicted molar refractivity (Wildman–Crippen MR) is 191 cm³/mol. The molecule has 3 heterocycles. The van der Waals surface area contributed by atoms with Gasteiger partial charge >= 0.3 is 0 Å². The SMILES string of the molecule is c1ccc(-c2nc(-c3ccc4oc5ccccc5c4c3)nc(-c3cccc4sc5cc6ccc7ccccc7c6cc5c34)n2)cc1. The minimum atomic E-state index is 0.629. The van der Waals surface area contributed by atoms with Gasteiger partial charge in [-0.05, 0) is 64.0 Å². The van der Waals surface area contributed by atoms with Crippen LogP contribution in [0.15, 0.2) is 144 Å². The molecule has 0 fully saturated rings. The first kappa shape index (κ1) is 25.4. The molecule has 5 heteroatoms. The van der Waals surface area contributed by atoms with Gasteiger partial charge in [-0.25, -0.2) is 15.0 Å². The van der Waals surface area contributed by atoms with E-state index in [-0.39, 0.29) is 0 Å². The Morgan fingerprint density at radius 1 is 0.413 bits per heavy atom. The summed E-state index contributed by atoms with van der Waals surface area (Å²) in [6, 6.07) is 48.6.